The molecule has 0 spiro atoms. The molecule has 2 N–H and O–H groups in total. The number of hydrogen-bond donors (Lipinski definition) is 2. The van der Waals surface area contributed by atoms with Gasteiger partial charge in [-0.05, 0) is 38.9 Å². The van der Waals surface area contributed by atoms with Crippen LogP contribution in [0.3, 0.4) is 0 Å². The molecule has 6 nitrogen and oxygen atoms in total. The molecule has 110 valence electrons. The van der Waals surface area contributed by atoms with E-state index in [1.807, 2.05) is 36.7 Å². The molecule has 21 heavy (non-hydrogen) atoms. The van der Waals surface area contributed by atoms with Gasteiger partial charge in [-0.3, -0.25) is 9.36 Å². The normalized spacial score (nSPS) is 21.4. The van der Waals surface area contributed by atoms with Gasteiger partial charge < -0.3 is 10.6 Å². The van der Waals surface area contributed by atoms with Crippen LogP contribution >= 0.6 is 0 Å². The summed E-state index contributed by atoms with van der Waals surface area (Å²) in [5, 5.41) is 6.30. The zero-order valence-electron chi connectivity index (χ0n) is 12.2. The third-order valence-corrected chi connectivity index (χ3v) is 3.96. The van der Waals surface area contributed by atoms with Gasteiger partial charge >= 0.3 is 0 Å². The Hall–Kier alpha value is -2.21. The Labute approximate surface area is 123 Å². The molecule has 1 aliphatic rings. The largest absolute Gasteiger partial charge is 0.323 e. The summed E-state index contributed by atoms with van der Waals surface area (Å²) in [5.41, 5.74) is 0.711. The number of carbonyl (C=O) groups is 1. The highest BCUT2D eigenvalue weighted by atomic mass is 16.2. The summed E-state index contributed by atoms with van der Waals surface area (Å²) >= 11 is 0. The zero-order valence-corrected chi connectivity index (χ0v) is 12.2. The van der Waals surface area contributed by atoms with Crippen molar-refractivity contribution in [3.8, 4) is 5.82 Å². The fourth-order valence-corrected chi connectivity index (χ4v) is 2.73. The molecule has 3 heterocycles. The molecule has 2 unspecified atom stereocenters. The maximum Gasteiger partial charge on any atom is 0.229 e. The fraction of sp³-hybridized carbons (Fsp3) is 0.400. The lowest BCUT2D eigenvalue weighted by atomic mass is 10.0. The summed E-state index contributed by atoms with van der Waals surface area (Å²) in [6, 6.07) is 3.90. The van der Waals surface area contributed by atoms with Gasteiger partial charge in [0, 0.05) is 24.6 Å². The lowest BCUT2D eigenvalue weighted by molar-refractivity contribution is -0.120. The van der Waals surface area contributed by atoms with Gasteiger partial charge in [-0.15, -0.1) is 0 Å². The van der Waals surface area contributed by atoms with E-state index in [1.54, 1.807) is 12.4 Å². The van der Waals surface area contributed by atoms with Crippen LogP contribution in [-0.2, 0) is 4.79 Å². The Morgan fingerprint density at radius 2 is 2.29 bits per heavy atom. The number of aromatic nitrogens is 3. The summed E-state index contributed by atoms with van der Waals surface area (Å²) in [7, 11) is 0. The number of nitrogens with zero attached hydrogens (tertiary/aromatic N) is 3. The highest BCUT2D eigenvalue weighted by molar-refractivity contribution is 5.94. The molecule has 0 aliphatic carbocycles. The van der Waals surface area contributed by atoms with E-state index in [0.29, 0.717) is 11.5 Å². The third kappa shape index (κ3) is 2.67. The van der Waals surface area contributed by atoms with E-state index >= 15 is 0 Å². The standard InChI is InChI=1S/C15H19N5O/c1-10-12(5-7-16-10)15(21)19-13-4-3-6-18-14(13)20-9-8-17-11(20)2/h3-4,6,8-10,12,16H,5,7H2,1-2H3,(H,19,21). The van der Waals surface area contributed by atoms with Crippen molar-refractivity contribution in [2.24, 2.45) is 5.92 Å². The Balaban J connectivity index is 1.86. The SMILES string of the molecule is Cc1nccn1-c1ncccc1NC(=O)C1CCNC1C. The molecule has 0 bridgehead atoms. The van der Waals surface area contributed by atoms with Crippen LogP contribution in [0.15, 0.2) is 30.7 Å². The van der Waals surface area contributed by atoms with E-state index in [2.05, 4.69) is 20.6 Å². The predicted octanol–water partition coefficient (Wildman–Crippen LogP) is 1.51. The number of pyridine rings is 1. The highest BCUT2D eigenvalue weighted by Crippen LogP contribution is 2.22. The second-order valence-electron chi connectivity index (χ2n) is 5.35. The lowest BCUT2D eigenvalue weighted by Gasteiger charge is -2.17. The summed E-state index contributed by atoms with van der Waals surface area (Å²) in [6.45, 7) is 4.84. The van der Waals surface area contributed by atoms with Gasteiger partial charge in [-0.1, -0.05) is 0 Å². The van der Waals surface area contributed by atoms with E-state index in [1.165, 1.54) is 0 Å². The van der Waals surface area contributed by atoms with Gasteiger partial charge in [-0.2, -0.15) is 0 Å². The van der Waals surface area contributed by atoms with Gasteiger partial charge in [0.2, 0.25) is 5.91 Å². The number of anilines is 1. The van der Waals surface area contributed by atoms with E-state index in [4.69, 9.17) is 0 Å². The zero-order chi connectivity index (χ0) is 14.8. The van der Waals surface area contributed by atoms with Gasteiger partial charge in [-0.25, -0.2) is 9.97 Å². The minimum atomic E-state index is 0.00180. The van der Waals surface area contributed by atoms with Crippen molar-refractivity contribution in [3.05, 3.63) is 36.5 Å². The molecule has 2 aromatic heterocycles. The lowest BCUT2D eigenvalue weighted by Crippen LogP contribution is -2.32. The number of nitrogens with one attached hydrogen (secondary N) is 2. The molecule has 2 atom stereocenters. The molecule has 0 saturated carbocycles. The van der Waals surface area contributed by atoms with E-state index < -0.39 is 0 Å². The van der Waals surface area contributed by atoms with Crippen molar-refractivity contribution < 1.29 is 4.79 Å². The van der Waals surface area contributed by atoms with Gasteiger partial charge in [0.15, 0.2) is 5.82 Å². The van der Waals surface area contributed by atoms with Crippen molar-refractivity contribution in [2.75, 3.05) is 11.9 Å². The first kappa shape index (κ1) is 13.8. The van der Waals surface area contributed by atoms with Crippen LogP contribution in [0.25, 0.3) is 5.82 Å². The van der Waals surface area contributed by atoms with Crippen LogP contribution in [0.5, 0.6) is 0 Å². The van der Waals surface area contributed by atoms with Crippen molar-refractivity contribution >= 4 is 11.6 Å². The van der Waals surface area contributed by atoms with Gasteiger partial charge in [0.05, 0.1) is 11.6 Å². The van der Waals surface area contributed by atoms with Crippen LogP contribution in [0, 0.1) is 12.8 Å². The topological polar surface area (TPSA) is 71.8 Å². The Morgan fingerprint density at radius 3 is 2.95 bits per heavy atom. The summed E-state index contributed by atoms with van der Waals surface area (Å²) in [6.07, 6.45) is 6.14. The maximum atomic E-state index is 12.4. The number of amides is 1. The second kappa shape index (κ2) is 5.65. The number of rotatable bonds is 3. The molecular formula is C15H19N5O. The second-order valence-corrected chi connectivity index (χ2v) is 5.35. The molecule has 6 heteroatoms. The number of hydrogen-bond acceptors (Lipinski definition) is 4. The summed E-state index contributed by atoms with van der Waals surface area (Å²) in [4.78, 5) is 21.0. The van der Waals surface area contributed by atoms with Crippen LogP contribution in [0.2, 0.25) is 0 Å². The van der Waals surface area contributed by atoms with Crippen molar-refractivity contribution in [1.82, 2.24) is 19.9 Å². The average molecular weight is 285 g/mol. The van der Waals surface area contributed by atoms with Crippen LogP contribution < -0.4 is 10.6 Å². The highest BCUT2D eigenvalue weighted by Gasteiger charge is 2.29. The maximum absolute atomic E-state index is 12.4. The summed E-state index contributed by atoms with van der Waals surface area (Å²) in [5.74, 6) is 1.57. The number of aryl methyl sites for hydroxylation is 1. The molecule has 1 saturated heterocycles. The predicted molar refractivity (Wildman–Crippen MR) is 80.3 cm³/mol. The van der Waals surface area contributed by atoms with E-state index in [0.717, 1.165) is 18.8 Å². The fourth-order valence-electron chi connectivity index (χ4n) is 2.73. The molecule has 0 radical (unpaired) electrons. The monoisotopic (exact) mass is 285 g/mol. The Morgan fingerprint density at radius 1 is 1.43 bits per heavy atom. The molecule has 1 amide bonds. The van der Waals surface area contributed by atoms with Crippen LogP contribution in [0.1, 0.15) is 19.2 Å². The molecular weight excluding hydrogens is 266 g/mol. The number of carbonyl (C=O) groups excluding carboxylic acids is 1. The first-order chi connectivity index (χ1) is 10.2. The molecule has 1 aliphatic heterocycles. The Kier molecular flexibility index (Phi) is 3.70. The molecule has 2 aromatic rings. The van der Waals surface area contributed by atoms with E-state index in [-0.39, 0.29) is 17.9 Å². The summed E-state index contributed by atoms with van der Waals surface area (Å²) < 4.78 is 1.87. The van der Waals surface area contributed by atoms with E-state index in [9.17, 15) is 4.79 Å². The van der Waals surface area contributed by atoms with Gasteiger partial charge in [0.25, 0.3) is 0 Å². The first-order valence-corrected chi connectivity index (χ1v) is 7.16. The minimum absolute atomic E-state index is 0.00180. The van der Waals surface area contributed by atoms with Crippen LogP contribution in [-0.4, -0.2) is 33.0 Å². The first-order valence-electron chi connectivity index (χ1n) is 7.16. The van der Waals surface area contributed by atoms with Crippen molar-refractivity contribution in [3.63, 3.8) is 0 Å². The van der Waals surface area contributed by atoms with Gasteiger partial charge in [0.1, 0.15) is 5.82 Å². The minimum Gasteiger partial charge on any atom is -0.323 e. The Bertz CT molecular complexity index is 651. The van der Waals surface area contributed by atoms with Crippen LogP contribution in [0.4, 0.5) is 5.69 Å². The number of imidazole rings is 1. The van der Waals surface area contributed by atoms with Crippen molar-refractivity contribution in [2.45, 2.75) is 26.3 Å². The molecule has 3 rings (SSSR count). The third-order valence-electron chi connectivity index (χ3n) is 3.96. The van der Waals surface area contributed by atoms with Crippen molar-refractivity contribution in [1.29, 1.82) is 0 Å². The molecule has 1 fully saturated rings. The smallest absolute Gasteiger partial charge is 0.229 e. The molecule has 0 aromatic carbocycles. The average Bonchev–Trinajstić information content (AvgIpc) is 3.08. The quantitative estimate of drug-likeness (QED) is 0.896.